The average Bonchev–Trinajstić information content (AvgIpc) is 1.77. The van der Waals surface area contributed by atoms with Crippen LogP contribution in [0.1, 0.15) is 337 Å². The Hall–Kier alpha value is -13.8. The number of nitriles is 1. The van der Waals surface area contributed by atoms with Crippen LogP contribution < -0.4 is 0 Å². The van der Waals surface area contributed by atoms with Gasteiger partial charge >= 0.3 is 0 Å². The predicted octanol–water partition coefficient (Wildman–Crippen LogP) is 21.7. The summed E-state index contributed by atoms with van der Waals surface area (Å²) in [5.41, 5.74) is 21.9. The van der Waals surface area contributed by atoms with Gasteiger partial charge in [0.05, 0.1) is 11.6 Å². The van der Waals surface area contributed by atoms with Crippen LogP contribution in [0.3, 0.4) is 0 Å². The number of hydrogen-bond donors (Lipinski definition) is 4. The Morgan fingerprint density at radius 2 is 0.652 bits per heavy atom. The molecule has 726 valence electrons. The van der Waals surface area contributed by atoms with Gasteiger partial charge in [-0.15, -0.1) is 19.3 Å². The number of methoxy groups -OCH3 is 1. The smallest absolute Gasteiger partial charge is 0.254 e. The zero-order chi connectivity index (χ0) is 98.4. The highest BCUT2D eigenvalue weighted by Crippen LogP contribution is 2.48. The van der Waals surface area contributed by atoms with Gasteiger partial charge in [-0.25, -0.2) is 24.3 Å². The molecule has 4 saturated carbocycles. The second-order valence-corrected chi connectivity index (χ2v) is 39.2. The van der Waals surface area contributed by atoms with E-state index in [0.29, 0.717) is 145 Å². The van der Waals surface area contributed by atoms with Crippen LogP contribution in [0.4, 0.5) is 4.39 Å². The number of piperidine rings is 4. The molecule has 8 heterocycles. The van der Waals surface area contributed by atoms with E-state index in [9.17, 15) is 19.2 Å². The fourth-order valence-corrected chi connectivity index (χ4v) is 21.0. The molecule has 12 aromatic rings. The summed E-state index contributed by atoms with van der Waals surface area (Å²) in [5, 5.41) is 38.7. The van der Waals surface area contributed by atoms with Gasteiger partial charge in [-0.3, -0.25) is 39.6 Å². The van der Waals surface area contributed by atoms with Gasteiger partial charge in [0.25, 0.3) is 23.6 Å². The monoisotopic (exact) mass is 1890 g/mol. The van der Waals surface area contributed by atoms with Crippen molar-refractivity contribution in [2.45, 2.75) is 244 Å². The topological polar surface area (TPSA) is 299 Å². The minimum absolute atomic E-state index is 0.0918. The standard InChI is InChI=1S/C30H34N4O2.C29H32FN5O2.C29H32N4O2.C28H30N4O/c1-4-21-9-11-22(12-10-21)23-13-15-34(16-14-23)30(35)25-18-27(26(17-20(25)3)24-7-6-8-24)29-31-28(32-33-29)19-36-5-2;1-3-37-18-26-32-27(34-33-26)25-16-23(19(2)15-24(25)21-5-4-6-21)28(36)35-13-11-29(30,12-14-35)22-9-7-20(17-31)8-10-22;1-4-20-8-10-21(11-9-20)22-12-14-33(15-13-22)29(34)24-17-26(28-30-27(18-35-3)31-32-28)25(16-19(24)2)23-6-5-7-23;1-4-20-8-10-21(11-9-20)22-12-14-32(15-13-22)28(33)24-17-26(27-29-19(3)30-31-27)25(16-18(24)2)23-6-5-7-23/h1,9-12,17-18,23-24H,5-8,13-16,19H2,2-3H3,(H,31,32,33);7-10,15-16,21H,3-6,11-14,18H2,1-2H3,(H,32,33,34);1,8-11,16-17,22-23H,5-7,12-15,18H2,2-3H3,(H,30,31,32);1,8-11,16-17,22-23H,5-7,12-15H2,2-3H3,(H,29,30,31). The van der Waals surface area contributed by atoms with E-state index in [4.69, 9.17) is 38.7 Å². The van der Waals surface area contributed by atoms with Gasteiger partial charge in [0, 0.05) is 147 Å². The summed E-state index contributed by atoms with van der Waals surface area (Å²) in [6.45, 7) is 21.5. The number of aromatic amines is 4. The maximum atomic E-state index is 15.8. The third kappa shape index (κ3) is 22.6. The van der Waals surface area contributed by atoms with Gasteiger partial charge in [-0.05, 0) is 319 Å². The van der Waals surface area contributed by atoms with E-state index in [1.54, 1.807) is 36.3 Å². The number of terminal acetylenes is 3. The minimum atomic E-state index is -1.50. The molecule has 8 aliphatic rings. The number of ether oxygens (including phenoxy) is 3. The zero-order valence-electron chi connectivity index (χ0n) is 82.5. The average molecular weight is 1890 g/mol. The molecule has 0 spiro atoms. The van der Waals surface area contributed by atoms with Crippen LogP contribution in [0.5, 0.6) is 0 Å². The maximum Gasteiger partial charge on any atom is 0.254 e. The highest BCUT2D eigenvalue weighted by Gasteiger charge is 2.41. The van der Waals surface area contributed by atoms with E-state index in [-0.39, 0.29) is 36.5 Å². The number of alkyl halides is 1. The molecule has 0 atom stereocenters. The van der Waals surface area contributed by atoms with E-state index >= 15 is 4.39 Å². The number of benzene rings is 8. The number of hydrogen-bond acceptors (Lipinski definition) is 16. The molecule has 20 rings (SSSR count). The number of carbonyl (C=O) groups is 4. The van der Waals surface area contributed by atoms with Crippen LogP contribution in [-0.2, 0) is 39.7 Å². The number of H-pyrrole nitrogens is 4. The summed E-state index contributed by atoms with van der Waals surface area (Å²) in [4.78, 5) is 80.8. The molecule has 4 saturated heterocycles. The van der Waals surface area contributed by atoms with Gasteiger partial charge in [0.15, 0.2) is 40.8 Å². The largest absolute Gasteiger partial charge is 0.377 e. The highest BCUT2D eigenvalue weighted by atomic mass is 19.1. The first-order chi connectivity index (χ1) is 68.6. The van der Waals surface area contributed by atoms with Crippen LogP contribution >= 0.6 is 0 Å². The number of aromatic nitrogens is 12. The second-order valence-electron chi connectivity index (χ2n) is 39.2. The molecule has 8 fully saturated rings. The quantitative estimate of drug-likeness (QED) is 0.0409. The van der Waals surface area contributed by atoms with Crippen molar-refractivity contribution in [3.8, 4) is 88.7 Å². The fraction of sp³-hybridized carbons (Fsp3) is 0.422. The summed E-state index contributed by atoms with van der Waals surface area (Å²) < 4.78 is 31.9. The lowest BCUT2D eigenvalue weighted by molar-refractivity contribution is 0.0420. The number of rotatable bonds is 24. The van der Waals surface area contributed by atoms with Crippen molar-refractivity contribution in [3.05, 3.63) is 280 Å². The molecule has 24 nitrogen and oxygen atoms in total. The second kappa shape index (κ2) is 45.2. The molecule has 4 N–H and O–H groups in total. The lowest BCUT2D eigenvalue weighted by Gasteiger charge is -2.37. The number of carbonyl (C=O) groups excluding carboxylic acids is 4. The maximum absolute atomic E-state index is 15.8. The van der Waals surface area contributed by atoms with Crippen molar-refractivity contribution >= 4 is 23.6 Å². The van der Waals surface area contributed by atoms with Crippen molar-refractivity contribution in [2.24, 2.45) is 0 Å². The third-order valence-electron chi connectivity index (χ3n) is 30.4. The molecule has 141 heavy (non-hydrogen) atoms. The first-order valence-corrected chi connectivity index (χ1v) is 50.5. The molecule has 4 amide bonds. The number of aryl methyl sites for hydroxylation is 5. The lowest BCUT2D eigenvalue weighted by Crippen LogP contribution is -2.43. The van der Waals surface area contributed by atoms with E-state index < -0.39 is 5.67 Å². The number of amides is 4. The molecular formula is C116H128FN17O7. The van der Waals surface area contributed by atoms with Crippen molar-refractivity contribution in [1.82, 2.24) is 80.3 Å². The Bertz CT molecular complexity index is 6610. The van der Waals surface area contributed by atoms with E-state index in [0.717, 1.165) is 174 Å². The highest BCUT2D eigenvalue weighted by molar-refractivity contribution is 6.00. The molecular weight excluding hydrogens is 1760 g/mol. The zero-order valence-corrected chi connectivity index (χ0v) is 82.5. The minimum Gasteiger partial charge on any atom is -0.377 e. The Balaban J connectivity index is 0.000000130. The van der Waals surface area contributed by atoms with Gasteiger partial charge in [0.1, 0.15) is 31.3 Å². The van der Waals surface area contributed by atoms with Crippen LogP contribution in [-0.4, -0.2) is 177 Å². The van der Waals surface area contributed by atoms with Crippen LogP contribution in [0, 0.1) is 83.0 Å². The normalized spacial score (nSPS) is 16.9. The van der Waals surface area contributed by atoms with Gasteiger partial charge in [-0.2, -0.15) is 25.7 Å². The molecule has 25 heteroatoms. The van der Waals surface area contributed by atoms with Crippen LogP contribution in [0.15, 0.2) is 146 Å². The first-order valence-electron chi connectivity index (χ1n) is 50.5. The molecule has 0 bridgehead atoms. The summed E-state index contributed by atoms with van der Waals surface area (Å²) in [7, 11) is 1.64. The molecule has 0 unspecified atom stereocenters. The Morgan fingerprint density at radius 3 is 0.908 bits per heavy atom. The number of nitrogens with one attached hydrogen (secondary N) is 4. The Morgan fingerprint density at radius 1 is 0.376 bits per heavy atom. The van der Waals surface area contributed by atoms with Crippen LogP contribution in [0.25, 0.3) is 45.6 Å². The van der Waals surface area contributed by atoms with Crippen molar-refractivity contribution in [2.75, 3.05) is 72.7 Å². The lowest BCUT2D eigenvalue weighted by atomic mass is 9.77. The fourth-order valence-electron chi connectivity index (χ4n) is 21.0. The predicted molar refractivity (Wildman–Crippen MR) is 545 cm³/mol. The summed E-state index contributed by atoms with van der Waals surface area (Å²) in [5.74, 6) is 17.0. The van der Waals surface area contributed by atoms with Crippen molar-refractivity contribution in [3.63, 3.8) is 0 Å². The van der Waals surface area contributed by atoms with E-state index in [1.807, 2.05) is 110 Å². The van der Waals surface area contributed by atoms with Crippen molar-refractivity contribution in [1.29, 1.82) is 5.26 Å². The van der Waals surface area contributed by atoms with Gasteiger partial charge in [-0.1, -0.05) is 116 Å². The van der Waals surface area contributed by atoms with E-state index in [2.05, 4.69) is 159 Å². The van der Waals surface area contributed by atoms with Crippen LogP contribution in [0.2, 0.25) is 0 Å². The molecule has 4 aromatic heterocycles. The SMILES string of the molecule is C#Cc1ccc(C2CCN(C(=O)c3cc(-c4n[nH]c(C)n4)c(C4CCC4)cc3C)CC2)cc1.C#Cc1ccc(C2CCN(C(=O)c3cc(-c4n[nH]c(COC)n4)c(C4CCC4)cc3C)CC2)cc1.C#Cc1ccc(C2CCN(C(=O)c3cc(-c4n[nH]c(COCC)n4)c(C4CCC4)cc3C)CC2)cc1.CCOCc1nc(-c2cc(C(=O)N3CCC(F)(c4ccc(C#N)cc4)CC3)c(C)cc2C2CCC2)n[nH]1. The Labute approximate surface area is 827 Å². The van der Waals surface area contributed by atoms with Gasteiger partial charge in [0.2, 0.25) is 0 Å². The Kier molecular flexibility index (Phi) is 31.7. The molecule has 4 aliphatic heterocycles. The number of halogens is 1. The summed E-state index contributed by atoms with van der Waals surface area (Å²) in [6, 6.07) is 50.3. The summed E-state index contributed by atoms with van der Waals surface area (Å²) in [6.07, 6.45) is 36.9. The van der Waals surface area contributed by atoms with Gasteiger partial charge < -0.3 is 33.8 Å². The van der Waals surface area contributed by atoms with Crippen molar-refractivity contribution < 1.29 is 37.8 Å². The molecule has 0 radical (unpaired) electrons. The third-order valence-corrected chi connectivity index (χ3v) is 30.4. The number of nitrogens with zero attached hydrogens (tertiary/aromatic N) is 13. The first kappa shape index (κ1) is 98.8. The van der Waals surface area contributed by atoms with E-state index in [1.165, 1.54) is 103 Å². The number of likely N-dealkylation sites (tertiary alicyclic amines) is 4. The summed E-state index contributed by atoms with van der Waals surface area (Å²) >= 11 is 0. The molecule has 8 aromatic carbocycles. The molecule has 4 aliphatic carbocycles.